The van der Waals surface area contributed by atoms with Crippen LogP contribution in [-0.2, 0) is 0 Å². The quantitative estimate of drug-likeness (QED) is 0.919. The molecule has 2 rings (SSSR count). The van der Waals surface area contributed by atoms with Crippen molar-refractivity contribution in [2.24, 2.45) is 5.73 Å². The Morgan fingerprint density at radius 1 is 1.11 bits per heavy atom. The first-order valence-corrected chi connectivity index (χ1v) is 5.80. The van der Waals surface area contributed by atoms with E-state index in [-0.39, 0.29) is 0 Å². The highest BCUT2D eigenvalue weighted by molar-refractivity contribution is 5.91. The number of ether oxygens (including phenoxy) is 1. The van der Waals surface area contributed by atoms with Gasteiger partial charge < -0.3 is 10.5 Å². The molecule has 0 heterocycles. The fraction of sp³-hybridized carbons (Fsp3) is 0.286. The minimum Gasteiger partial charge on any atom is -0.496 e. The largest absolute Gasteiger partial charge is 0.496 e. The van der Waals surface area contributed by atoms with Gasteiger partial charge >= 0.3 is 6.18 Å². The first-order chi connectivity index (χ1) is 8.92. The van der Waals surface area contributed by atoms with Crippen LogP contribution in [0.1, 0.15) is 18.0 Å². The smallest absolute Gasteiger partial charge is 0.390 e. The molecule has 0 spiro atoms. The average Bonchev–Trinajstić information content (AvgIpc) is 2.35. The van der Waals surface area contributed by atoms with Crippen LogP contribution in [0, 0.1) is 0 Å². The van der Waals surface area contributed by atoms with E-state index in [0.29, 0.717) is 16.7 Å². The van der Waals surface area contributed by atoms with Crippen LogP contribution in [-0.4, -0.2) is 13.3 Å². The lowest BCUT2D eigenvalue weighted by atomic mass is 9.96. The van der Waals surface area contributed by atoms with Crippen LogP contribution in [0.2, 0.25) is 0 Å². The minimum atomic E-state index is -4.28. The SMILES string of the molecule is COc1ccc([C@H](N)CC(F)(F)F)c2ccccc12. The molecule has 0 saturated heterocycles. The Morgan fingerprint density at radius 2 is 1.74 bits per heavy atom. The summed E-state index contributed by atoms with van der Waals surface area (Å²) in [6.45, 7) is 0. The van der Waals surface area contributed by atoms with Gasteiger partial charge in [0.1, 0.15) is 5.75 Å². The van der Waals surface area contributed by atoms with Crippen molar-refractivity contribution in [3.05, 3.63) is 42.0 Å². The second-order valence-corrected chi connectivity index (χ2v) is 4.33. The summed E-state index contributed by atoms with van der Waals surface area (Å²) in [6, 6.07) is 9.30. The van der Waals surface area contributed by atoms with E-state index < -0.39 is 18.6 Å². The second kappa shape index (κ2) is 5.09. The summed E-state index contributed by atoms with van der Waals surface area (Å²) in [5, 5.41) is 1.46. The van der Waals surface area contributed by atoms with Gasteiger partial charge in [-0.05, 0) is 17.0 Å². The summed E-state index contributed by atoms with van der Waals surface area (Å²) in [5.41, 5.74) is 6.16. The van der Waals surface area contributed by atoms with Gasteiger partial charge in [-0.3, -0.25) is 0 Å². The molecular weight excluding hydrogens is 255 g/mol. The van der Waals surface area contributed by atoms with E-state index in [2.05, 4.69) is 0 Å². The Balaban J connectivity index is 2.50. The summed E-state index contributed by atoms with van der Waals surface area (Å²) in [5.74, 6) is 0.624. The van der Waals surface area contributed by atoms with Crippen molar-refractivity contribution < 1.29 is 17.9 Å². The fourth-order valence-corrected chi connectivity index (χ4v) is 2.16. The van der Waals surface area contributed by atoms with Gasteiger partial charge in [0, 0.05) is 11.4 Å². The summed E-state index contributed by atoms with van der Waals surface area (Å²) < 4.78 is 42.5. The van der Waals surface area contributed by atoms with Crippen LogP contribution in [0.5, 0.6) is 5.75 Å². The Kier molecular flexibility index (Phi) is 3.66. The van der Waals surface area contributed by atoms with Crippen LogP contribution >= 0.6 is 0 Å². The molecule has 2 nitrogen and oxygen atoms in total. The molecule has 2 aromatic carbocycles. The van der Waals surface area contributed by atoms with E-state index in [0.717, 1.165) is 5.39 Å². The highest BCUT2D eigenvalue weighted by atomic mass is 19.4. The van der Waals surface area contributed by atoms with E-state index in [1.54, 1.807) is 30.3 Å². The van der Waals surface area contributed by atoms with Crippen LogP contribution < -0.4 is 10.5 Å². The van der Waals surface area contributed by atoms with Gasteiger partial charge in [-0.25, -0.2) is 0 Å². The predicted octanol–water partition coefficient (Wildman–Crippen LogP) is 3.80. The van der Waals surface area contributed by atoms with Crippen LogP contribution in [0.4, 0.5) is 13.2 Å². The summed E-state index contributed by atoms with van der Waals surface area (Å²) in [6.07, 6.45) is -5.32. The van der Waals surface area contributed by atoms with Crippen LogP contribution in [0.25, 0.3) is 10.8 Å². The number of hydrogen-bond acceptors (Lipinski definition) is 2. The highest BCUT2D eigenvalue weighted by Gasteiger charge is 2.31. The molecule has 5 heteroatoms. The molecule has 0 aliphatic heterocycles. The molecule has 0 aliphatic carbocycles. The van der Waals surface area contributed by atoms with Gasteiger partial charge in [0.2, 0.25) is 0 Å². The van der Waals surface area contributed by atoms with Crippen molar-refractivity contribution in [1.29, 1.82) is 0 Å². The normalized spacial score (nSPS) is 13.5. The lowest BCUT2D eigenvalue weighted by Crippen LogP contribution is -2.20. The van der Waals surface area contributed by atoms with E-state index in [9.17, 15) is 13.2 Å². The Bertz CT molecular complexity index is 580. The monoisotopic (exact) mass is 269 g/mol. The number of methoxy groups -OCH3 is 1. The maximum absolute atomic E-state index is 12.4. The Hall–Kier alpha value is -1.75. The van der Waals surface area contributed by atoms with Crippen molar-refractivity contribution in [1.82, 2.24) is 0 Å². The van der Waals surface area contributed by atoms with Crippen molar-refractivity contribution in [3.63, 3.8) is 0 Å². The zero-order valence-electron chi connectivity index (χ0n) is 10.4. The summed E-state index contributed by atoms with van der Waals surface area (Å²) >= 11 is 0. The maximum Gasteiger partial charge on any atom is 0.390 e. The van der Waals surface area contributed by atoms with E-state index >= 15 is 0 Å². The number of fused-ring (bicyclic) bond motifs is 1. The van der Waals surface area contributed by atoms with Crippen LogP contribution in [0.15, 0.2) is 36.4 Å². The number of rotatable bonds is 3. The molecular formula is C14H14F3NO. The standard InChI is InChI=1S/C14H14F3NO/c1-19-13-7-6-10(12(18)8-14(15,16)17)9-4-2-3-5-11(9)13/h2-7,12H,8,18H2,1H3/t12-/m1/s1. The number of nitrogens with two attached hydrogens (primary N) is 1. The number of hydrogen-bond donors (Lipinski definition) is 1. The molecule has 0 fully saturated rings. The van der Waals surface area contributed by atoms with Crippen molar-refractivity contribution in [2.45, 2.75) is 18.6 Å². The molecule has 102 valence electrons. The summed E-state index contributed by atoms with van der Waals surface area (Å²) in [7, 11) is 1.52. The number of benzene rings is 2. The Morgan fingerprint density at radius 3 is 2.32 bits per heavy atom. The predicted molar refractivity (Wildman–Crippen MR) is 68.1 cm³/mol. The highest BCUT2D eigenvalue weighted by Crippen LogP contribution is 2.34. The zero-order valence-corrected chi connectivity index (χ0v) is 10.4. The first kappa shape index (κ1) is 13.7. The molecule has 0 aromatic heterocycles. The molecule has 0 bridgehead atoms. The zero-order chi connectivity index (χ0) is 14.0. The lowest BCUT2D eigenvalue weighted by Gasteiger charge is -2.17. The van der Waals surface area contributed by atoms with Crippen molar-refractivity contribution in [2.75, 3.05) is 7.11 Å². The first-order valence-electron chi connectivity index (χ1n) is 5.80. The molecule has 0 radical (unpaired) electrons. The molecule has 19 heavy (non-hydrogen) atoms. The Labute approximate surface area is 109 Å². The third-order valence-electron chi connectivity index (χ3n) is 2.99. The average molecular weight is 269 g/mol. The molecule has 2 N–H and O–H groups in total. The van der Waals surface area contributed by atoms with E-state index in [1.807, 2.05) is 6.07 Å². The fourth-order valence-electron chi connectivity index (χ4n) is 2.16. The van der Waals surface area contributed by atoms with Gasteiger partial charge in [0.05, 0.1) is 13.5 Å². The van der Waals surface area contributed by atoms with Gasteiger partial charge in [-0.1, -0.05) is 30.3 Å². The molecule has 0 aliphatic rings. The summed E-state index contributed by atoms with van der Waals surface area (Å²) in [4.78, 5) is 0. The maximum atomic E-state index is 12.4. The van der Waals surface area contributed by atoms with Gasteiger partial charge in [-0.15, -0.1) is 0 Å². The lowest BCUT2D eigenvalue weighted by molar-refractivity contribution is -0.138. The molecule has 0 amide bonds. The van der Waals surface area contributed by atoms with Gasteiger partial charge in [0.25, 0.3) is 0 Å². The number of halogens is 3. The molecule has 0 saturated carbocycles. The minimum absolute atomic E-state index is 0.480. The number of alkyl halides is 3. The topological polar surface area (TPSA) is 35.2 Å². The third kappa shape index (κ3) is 2.98. The third-order valence-corrected chi connectivity index (χ3v) is 2.99. The van der Waals surface area contributed by atoms with Crippen molar-refractivity contribution in [3.8, 4) is 5.75 Å². The molecule has 1 atom stereocenters. The molecule has 2 aromatic rings. The van der Waals surface area contributed by atoms with Crippen LogP contribution in [0.3, 0.4) is 0 Å². The van der Waals surface area contributed by atoms with E-state index in [4.69, 9.17) is 10.5 Å². The van der Waals surface area contributed by atoms with Crippen molar-refractivity contribution >= 4 is 10.8 Å². The van der Waals surface area contributed by atoms with Gasteiger partial charge in [-0.2, -0.15) is 13.2 Å². The van der Waals surface area contributed by atoms with Gasteiger partial charge in [0.15, 0.2) is 0 Å². The second-order valence-electron chi connectivity index (χ2n) is 4.33. The molecule has 0 unspecified atom stereocenters. The van der Waals surface area contributed by atoms with E-state index in [1.165, 1.54) is 7.11 Å².